The summed E-state index contributed by atoms with van der Waals surface area (Å²) in [5, 5.41) is 11.2. The summed E-state index contributed by atoms with van der Waals surface area (Å²) in [6, 6.07) is 7.13. The van der Waals surface area contributed by atoms with E-state index in [1.54, 1.807) is 29.8 Å². The Bertz CT molecular complexity index is 905. The van der Waals surface area contributed by atoms with Gasteiger partial charge in [0.1, 0.15) is 6.07 Å². The molecule has 8 heteroatoms. The van der Waals surface area contributed by atoms with Crippen LogP contribution in [-0.2, 0) is 10.0 Å². The molecule has 1 aromatic carbocycles. The largest absolute Gasteiger partial charge is 0.358 e. The van der Waals surface area contributed by atoms with Gasteiger partial charge in [-0.15, -0.1) is 11.3 Å². The summed E-state index contributed by atoms with van der Waals surface area (Å²) in [5.41, 5.74) is 1.43. The first-order valence-electron chi connectivity index (χ1n) is 5.54. The predicted molar refractivity (Wildman–Crippen MR) is 75.9 cm³/mol. The van der Waals surface area contributed by atoms with Crippen LogP contribution in [0.3, 0.4) is 0 Å². The van der Waals surface area contributed by atoms with Gasteiger partial charge < -0.3 is 4.98 Å². The number of hydrogen-bond donors (Lipinski definition) is 2. The number of fused-ring (bicyclic) bond motifs is 1. The number of benzene rings is 1. The van der Waals surface area contributed by atoms with E-state index in [0.29, 0.717) is 22.2 Å². The van der Waals surface area contributed by atoms with Gasteiger partial charge in [-0.1, -0.05) is 12.1 Å². The van der Waals surface area contributed by atoms with E-state index >= 15 is 0 Å². The van der Waals surface area contributed by atoms with Crippen LogP contribution >= 0.6 is 11.3 Å². The van der Waals surface area contributed by atoms with Crippen LogP contribution < -0.4 is 4.72 Å². The molecule has 0 fully saturated rings. The third-order valence-corrected chi connectivity index (χ3v) is 5.29. The Balaban J connectivity index is 2.09. The summed E-state index contributed by atoms with van der Waals surface area (Å²) in [6.45, 7) is 0. The standard InChI is InChI=1S/C12H8N4O2S2/c13-6-8-7-15-11-9(8)2-1-3-10(11)16-20(17,18)12-14-4-5-19-12/h1-5,7,15-16H. The van der Waals surface area contributed by atoms with Gasteiger partial charge in [-0.25, -0.2) is 4.98 Å². The maximum Gasteiger partial charge on any atom is 0.289 e. The highest BCUT2D eigenvalue weighted by molar-refractivity contribution is 7.94. The number of nitriles is 1. The van der Waals surface area contributed by atoms with Crippen molar-refractivity contribution in [1.82, 2.24) is 9.97 Å². The molecule has 0 saturated heterocycles. The van der Waals surface area contributed by atoms with Crippen molar-refractivity contribution in [2.24, 2.45) is 0 Å². The van der Waals surface area contributed by atoms with E-state index < -0.39 is 10.0 Å². The van der Waals surface area contributed by atoms with Gasteiger partial charge in [0, 0.05) is 23.2 Å². The highest BCUT2D eigenvalue weighted by atomic mass is 32.2. The molecular weight excluding hydrogens is 296 g/mol. The monoisotopic (exact) mass is 304 g/mol. The molecule has 6 nitrogen and oxygen atoms in total. The number of hydrogen-bond acceptors (Lipinski definition) is 5. The molecule has 0 amide bonds. The first-order chi connectivity index (χ1) is 9.62. The number of nitrogens with one attached hydrogen (secondary N) is 2. The van der Waals surface area contributed by atoms with Crippen LogP contribution in [0.25, 0.3) is 10.9 Å². The van der Waals surface area contributed by atoms with Crippen LogP contribution in [0.15, 0.2) is 40.3 Å². The first kappa shape index (κ1) is 12.7. The third kappa shape index (κ3) is 2.03. The van der Waals surface area contributed by atoms with Crippen molar-refractivity contribution >= 4 is 38.0 Å². The van der Waals surface area contributed by atoms with Gasteiger partial charge in [-0.05, 0) is 6.07 Å². The lowest BCUT2D eigenvalue weighted by Gasteiger charge is -2.06. The molecule has 0 saturated carbocycles. The van der Waals surface area contributed by atoms with Crippen LogP contribution in [0.4, 0.5) is 5.69 Å². The summed E-state index contributed by atoms with van der Waals surface area (Å²) >= 11 is 1.04. The Labute approximate surface area is 118 Å². The van der Waals surface area contributed by atoms with Crippen LogP contribution in [-0.4, -0.2) is 18.4 Å². The predicted octanol–water partition coefficient (Wildman–Crippen LogP) is 2.30. The van der Waals surface area contributed by atoms with Gasteiger partial charge in [0.25, 0.3) is 10.0 Å². The number of anilines is 1. The molecular formula is C12H8N4O2S2. The summed E-state index contributed by atoms with van der Waals surface area (Å²) in [5.74, 6) is 0. The Morgan fingerprint density at radius 1 is 1.40 bits per heavy atom. The van der Waals surface area contributed by atoms with Crippen molar-refractivity contribution in [3.63, 3.8) is 0 Å². The molecule has 0 unspecified atom stereocenters. The third-order valence-electron chi connectivity index (χ3n) is 2.72. The minimum absolute atomic E-state index is 0.00145. The minimum atomic E-state index is -3.70. The van der Waals surface area contributed by atoms with Crippen molar-refractivity contribution < 1.29 is 8.42 Å². The maximum atomic E-state index is 12.1. The van der Waals surface area contributed by atoms with E-state index in [1.165, 1.54) is 6.20 Å². The van der Waals surface area contributed by atoms with Crippen molar-refractivity contribution in [2.45, 2.75) is 4.34 Å². The van der Waals surface area contributed by atoms with Crippen molar-refractivity contribution in [3.8, 4) is 6.07 Å². The van der Waals surface area contributed by atoms with Crippen molar-refractivity contribution in [2.75, 3.05) is 4.72 Å². The average Bonchev–Trinajstić information content (AvgIpc) is 3.08. The number of sulfonamides is 1. The van der Waals surface area contributed by atoms with Crippen molar-refractivity contribution in [3.05, 3.63) is 41.5 Å². The lowest BCUT2D eigenvalue weighted by Crippen LogP contribution is -2.12. The zero-order valence-corrected chi connectivity index (χ0v) is 11.6. The zero-order valence-electron chi connectivity index (χ0n) is 9.99. The summed E-state index contributed by atoms with van der Waals surface area (Å²) in [4.78, 5) is 6.70. The Morgan fingerprint density at radius 2 is 2.25 bits per heavy atom. The molecule has 3 aromatic rings. The first-order valence-corrected chi connectivity index (χ1v) is 7.90. The number of rotatable bonds is 3. The number of thiazole rings is 1. The van der Waals surface area contributed by atoms with Gasteiger partial charge >= 0.3 is 0 Å². The van der Waals surface area contributed by atoms with Gasteiger partial charge in [-0.2, -0.15) is 13.7 Å². The molecule has 20 heavy (non-hydrogen) atoms. The molecule has 2 heterocycles. The topological polar surface area (TPSA) is 98.6 Å². The number of para-hydroxylation sites is 1. The summed E-state index contributed by atoms with van der Waals surface area (Å²) in [6.07, 6.45) is 2.98. The number of nitrogens with zero attached hydrogens (tertiary/aromatic N) is 2. The van der Waals surface area contributed by atoms with Gasteiger partial charge in [0.2, 0.25) is 4.34 Å². The van der Waals surface area contributed by atoms with Crippen LogP contribution in [0.5, 0.6) is 0 Å². The fourth-order valence-corrected chi connectivity index (χ4v) is 3.77. The summed E-state index contributed by atoms with van der Waals surface area (Å²) in [7, 11) is -3.70. The molecule has 0 aliphatic carbocycles. The fraction of sp³-hybridized carbons (Fsp3) is 0. The highest BCUT2D eigenvalue weighted by Gasteiger charge is 2.18. The van der Waals surface area contributed by atoms with Crippen LogP contribution in [0, 0.1) is 11.3 Å². The molecule has 0 aliphatic rings. The molecule has 2 N–H and O–H groups in total. The van der Waals surface area contributed by atoms with E-state index in [4.69, 9.17) is 5.26 Å². The van der Waals surface area contributed by atoms with Gasteiger partial charge in [0.15, 0.2) is 0 Å². The second-order valence-corrected chi connectivity index (χ2v) is 6.70. The maximum absolute atomic E-state index is 12.1. The number of H-pyrrole nitrogens is 1. The minimum Gasteiger partial charge on any atom is -0.358 e. The number of aromatic amines is 1. The Kier molecular flexibility index (Phi) is 2.93. The van der Waals surface area contributed by atoms with Gasteiger partial charge in [0.05, 0.1) is 16.8 Å². The zero-order chi connectivity index (χ0) is 14.2. The molecule has 0 atom stereocenters. The molecule has 0 spiro atoms. The van der Waals surface area contributed by atoms with Crippen molar-refractivity contribution in [1.29, 1.82) is 5.26 Å². The second-order valence-electron chi connectivity index (χ2n) is 3.95. The highest BCUT2D eigenvalue weighted by Crippen LogP contribution is 2.27. The lowest BCUT2D eigenvalue weighted by molar-refractivity contribution is 0.600. The molecule has 2 aromatic heterocycles. The lowest BCUT2D eigenvalue weighted by atomic mass is 10.2. The smallest absolute Gasteiger partial charge is 0.289 e. The Morgan fingerprint density at radius 3 is 2.95 bits per heavy atom. The van der Waals surface area contributed by atoms with E-state index in [2.05, 4.69) is 14.7 Å². The quantitative estimate of drug-likeness (QED) is 0.775. The molecule has 0 bridgehead atoms. The number of aromatic nitrogens is 2. The SMILES string of the molecule is N#Cc1c[nH]c2c(NS(=O)(=O)c3nccs3)cccc12. The van der Waals surface area contributed by atoms with Gasteiger partial charge in [-0.3, -0.25) is 4.72 Å². The Hall–Kier alpha value is -2.37. The van der Waals surface area contributed by atoms with E-state index in [1.807, 2.05) is 6.07 Å². The summed E-state index contributed by atoms with van der Waals surface area (Å²) < 4.78 is 26.8. The normalized spacial score (nSPS) is 11.3. The van der Waals surface area contributed by atoms with E-state index in [9.17, 15) is 8.42 Å². The molecule has 0 radical (unpaired) electrons. The molecule has 3 rings (SSSR count). The fourth-order valence-electron chi connectivity index (χ4n) is 1.86. The molecule has 0 aliphatic heterocycles. The van der Waals surface area contributed by atoms with E-state index in [-0.39, 0.29) is 4.34 Å². The molecule has 100 valence electrons. The second kappa shape index (κ2) is 4.63. The van der Waals surface area contributed by atoms with Crippen LogP contribution in [0.2, 0.25) is 0 Å². The average molecular weight is 304 g/mol. The van der Waals surface area contributed by atoms with Crippen LogP contribution in [0.1, 0.15) is 5.56 Å². The van der Waals surface area contributed by atoms with E-state index in [0.717, 1.165) is 11.3 Å².